The number of hydrogen-bond donors (Lipinski definition) is 6. The van der Waals surface area contributed by atoms with Gasteiger partial charge in [-0.15, -0.1) is 0 Å². The van der Waals surface area contributed by atoms with Gasteiger partial charge < -0.3 is 55.9 Å². The van der Waals surface area contributed by atoms with Crippen LogP contribution in [0, 0.1) is 0 Å². The number of nitrogens with zero attached hydrogens (tertiary/aromatic N) is 14. The number of carbonyl (C=O) groups excluding carboxylic acids is 6. The number of fused-ring (bicyclic) bond motifs is 5. The molecule has 5 atom stereocenters. The Bertz CT molecular complexity index is 5970. The van der Waals surface area contributed by atoms with Gasteiger partial charge in [0.05, 0.1) is 71.0 Å². The van der Waals surface area contributed by atoms with Crippen LogP contribution in [-0.2, 0) is 4.74 Å². The highest BCUT2D eigenvalue weighted by atomic mass is 16.5. The van der Waals surface area contributed by atoms with Gasteiger partial charge in [0.2, 0.25) is 0 Å². The third kappa shape index (κ3) is 21.9. The number of aromatic nitrogens is 11. The number of likely N-dealkylation sites (tertiary alicyclic amines) is 1. The summed E-state index contributed by atoms with van der Waals surface area (Å²) in [6.07, 6.45) is 16.5. The standard InChI is InChI=1S/C22H24N4O2.C20H23N5O.C20H22N4O2.C20H18N4O.C16H15N3O/c1-16(23-21(27)20-15-19-7-3-6-14-26(19)24-20)17-8-10-18(11-9-17)22(28)25-12-4-2-5-13-25;1-15(16-5-7-17(8-6-16)24-12-9-21-10-13-24)22-20(26)19-14-18-4-2-3-11-25(18)23-19;1-15(16-5-7-17(8-6-16)23-10-12-26-13-11-23)21-20(25)19-14-18-4-2-3-9-24(18)22-19;1-15(16-7-9-17(10-8-16)23-11-4-5-12-23)21-20(25)19-14-18-6-2-3-13-24(18)22-19;1-12(13-7-3-2-4-8-13)17-16(20)15-11-14-9-5-6-10-19(14)18-15/h3,6-11,14-16H,2,4-5,12-13H2,1H3,(H,23,27);2-8,11,14-15,21H,9-10,12-13H2,1H3,(H,22,26);2-9,14-15H,10-13H2,1H3,(H,21,25);2-15H,1H3,(H,21,25);2-12H,1H3,(H,17,20)/t16-;3*15-;12-/m11111/s1. The molecule has 3 saturated heterocycles. The quantitative estimate of drug-likeness (QED) is 0.0439. The van der Waals surface area contributed by atoms with Crippen LogP contribution < -0.4 is 41.7 Å². The van der Waals surface area contributed by atoms with Gasteiger partial charge in [-0.2, -0.15) is 25.5 Å². The molecule has 16 aromatic rings. The molecule has 6 amide bonds. The maximum Gasteiger partial charge on any atom is 0.272 e. The molecule has 14 heterocycles. The highest BCUT2D eigenvalue weighted by molar-refractivity contribution is 5.97. The van der Waals surface area contributed by atoms with Crippen LogP contribution in [0.5, 0.6) is 0 Å². The predicted octanol–water partition coefficient (Wildman–Crippen LogP) is 14.8. The summed E-state index contributed by atoms with van der Waals surface area (Å²) in [6, 6.07) is 83.4. The van der Waals surface area contributed by atoms with Crippen molar-refractivity contribution in [3.8, 4) is 5.69 Å². The van der Waals surface area contributed by atoms with Crippen LogP contribution in [0.4, 0.5) is 11.4 Å². The first-order valence-electron chi connectivity index (χ1n) is 42.4. The van der Waals surface area contributed by atoms with Gasteiger partial charge in [-0.05, 0) is 233 Å². The minimum Gasteiger partial charge on any atom is -0.378 e. The van der Waals surface area contributed by atoms with Gasteiger partial charge in [0, 0.05) is 118 Å². The molecular weight excluding hydrogens is 1570 g/mol. The number of ether oxygens (including phenoxy) is 1. The molecule has 636 valence electrons. The van der Waals surface area contributed by atoms with E-state index in [1.807, 2.05) is 269 Å². The van der Waals surface area contributed by atoms with E-state index in [1.54, 1.807) is 52.9 Å². The second-order valence-corrected chi connectivity index (χ2v) is 31.1. The molecule has 3 fully saturated rings. The fourth-order valence-corrected chi connectivity index (χ4v) is 15.1. The molecular formula is C98H102N20O7. The number of amides is 6. The highest BCUT2D eigenvalue weighted by Gasteiger charge is 2.24. The summed E-state index contributed by atoms with van der Waals surface area (Å²) in [5, 5.41) is 39.9. The molecule has 0 radical (unpaired) electrons. The number of rotatable bonds is 19. The molecule has 0 bridgehead atoms. The maximum atomic E-state index is 12.6. The molecule has 27 nitrogen and oxygen atoms in total. The number of benzene rings is 5. The fourth-order valence-electron chi connectivity index (χ4n) is 15.1. The summed E-state index contributed by atoms with van der Waals surface area (Å²) in [7, 11) is 0. The first-order chi connectivity index (χ1) is 61.0. The number of carbonyl (C=O) groups is 6. The lowest BCUT2D eigenvalue weighted by Crippen LogP contribution is -2.43. The molecule has 3 aliphatic rings. The lowest BCUT2D eigenvalue weighted by molar-refractivity contribution is 0.0723. The Hall–Kier alpha value is -14.8. The fraction of sp³-hybridized carbons (Fsp3) is 0.235. The van der Waals surface area contributed by atoms with Crippen molar-refractivity contribution >= 4 is 74.4 Å². The van der Waals surface area contributed by atoms with Gasteiger partial charge >= 0.3 is 0 Å². The molecule has 27 heteroatoms. The van der Waals surface area contributed by atoms with Crippen LogP contribution in [0.2, 0.25) is 0 Å². The highest BCUT2D eigenvalue weighted by Crippen LogP contribution is 2.26. The van der Waals surface area contributed by atoms with Crippen LogP contribution >= 0.6 is 0 Å². The smallest absolute Gasteiger partial charge is 0.272 e. The summed E-state index contributed by atoms with van der Waals surface area (Å²) >= 11 is 0. The van der Waals surface area contributed by atoms with Gasteiger partial charge in [0.1, 0.15) is 0 Å². The monoisotopic (exact) mass is 1670 g/mol. The molecule has 0 unspecified atom stereocenters. The average Bonchev–Trinajstić information content (AvgIpc) is 1.74. The zero-order valence-corrected chi connectivity index (χ0v) is 70.6. The van der Waals surface area contributed by atoms with Crippen LogP contribution in [0.25, 0.3) is 33.3 Å². The summed E-state index contributed by atoms with van der Waals surface area (Å²) in [5.41, 5.74) is 16.0. The number of piperidine rings is 1. The van der Waals surface area contributed by atoms with Crippen molar-refractivity contribution in [3.63, 3.8) is 0 Å². The molecule has 0 saturated carbocycles. The van der Waals surface area contributed by atoms with Gasteiger partial charge in [-0.3, -0.25) is 28.8 Å². The Morgan fingerprint density at radius 3 is 0.904 bits per heavy atom. The van der Waals surface area contributed by atoms with E-state index in [1.165, 1.54) is 17.8 Å². The molecule has 6 N–H and O–H groups in total. The molecule has 125 heavy (non-hydrogen) atoms. The summed E-state index contributed by atoms with van der Waals surface area (Å²) in [4.78, 5) is 81.4. The predicted molar refractivity (Wildman–Crippen MR) is 485 cm³/mol. The van der Waals surface area contributed by atoms with E-state index in [-0.39, 0.29) is 65.7 Å². The minimum atomic E-state index is -0.218. The van der Waals surface area contributed by atoms with Crippen molar-refractivity contribution in [2.24, 2.45) is 0 Å². The summed E-state index contributed by atoms with van der Waals surface area (Å²) in [6.45, 7) is 19.0. The lowest BCUT2D eigenvalue weighted by Gasteiger charge is -2.29. The van der Waals surface area contributed by atoms with Crippen LogP contribution in [0.15, 0.2) is 304 Å². The van der Waals surface area contributed by atoms with E-state index >= 15 is 0 Å². The third-order valence-electron chi connectivity index (χ3n) is 22.3. The first-order valence-corrected chi connectivity index (χ1v) is 42.4. The largest absolute Gasteiger partial charge is 0.378 e. The molecule has 3 aliphatic heterocycles. The second-order valence-electron chi connectivity index (χ2n) is 31.1. The SMILES string of the molecule is C[C@@H](NC(=O)c1cc2ccccn2n1)c1ccc(-n2cccc2)cc1.C[C@@H](NC(=O)c1cc2ccccn2n1)c1ccc(C(=O)N2CCCCC2)cc1.C[C@@H](NC(=O)c1cc2ccccn2n1)c1ccc(N2CCNCC2)cc1.C[C@@H](NC(=O)c1cc2ccccn2n1)c1ccc(N2CCOCC2)cc1.C[C@@H](NC(=O)c1cc2ccccn2n1)c1ccccc1. The van der Waals surface area contributed by atoms with E-state index in [0.717, 1.165) is 140 Å². The number of piperazine rings is 1. The van der Waals surface area contributed by atoms with Crippen molar-refractivity contribution in [1.82, 2.24) is 89.4 Å². The minimum absolute atomic E-state index is 0.0477. The summed E-state index contributed by atoms with van der Waals surface area (Å²) in [5.74, 6) is -0.793. The van der Waals surface area contributed by atoms with Gasteiger partial charge in [-0.25, -0.2) is 22.6 Å². The Kier molecular flexibility index (Phi) is 27.7. The van der Waals surface area contributed by atoms with Crippen molar-refractivity contribution in [2.45, 2.75) is 84.1 Å². The Morgan fingerprint density at radius 1 is 0.304 bits per heavy atom. The molecule has 19 rings (SSSR count). The van der Waals surface area contributed by atoms with Gasteiger partial charge in [0.15, 0.2) is 28.5 Å². The summed E-state index contributed by atoms with van der Waals surface area (Å²) < 4.78 is 15.9. The number of hydrogen-bond acceptors (Lipinski definition) is 15. The third-order valence-corrected chi connectivity index (χ3v) is 22.3. The van der Waals surface area contributed by atoms with E-state index in [4.69, 9.17) is 4.74 Å². The van der Waals surface area contributed by atoms with Crippen molar-refractivity contribution in [3.05, 3.63) is 366 Å². The molecule has 11 aromatic heterocycles. The van der Waals surface area contributed by atoms with E-state index in [2.05, 4.69) is 116 Å². The van der Waals surface area contributed by atoms with Gasteiger partial charge in [-0.1, -0.05) is 109 Å². The number of pyridine rings is 5. The Labute approximate surface area is 724 Å². The van der Waals surface area contributed by atoms with Gasteiger partial charge in [0.25, 0.3) is 35.4 Å². The number of nitrogens with one attached hydrogen (secondary N) is 6. The molecule has 0 spiro atoms. The lowest BCUT2D eigenvalue weighted by atomic mass is 10.0. The normalized spacial score (nSPS) is 14.4. The molecule has 5 aromatic carbocycles. The average molecular weight is 1670 g/mol. The Balaban J connectivity index is 0.000000121. The zero-order chi connectivity index (χ0) is 86.5. The van der Waals surface area contributed by atoms with Crippen LogP contribution in [0.3, 0.4) is 0 Å². The van der Waals surface area contributed by atoms with Crippen LogP contribution in [0.1, 0.15) is 175 Å². The van der Waals surface area contributed by atoms with E-state index < -0.39 is 0 Å². The maximum absolute atomic E-state index is 12.6. The van der Waals surface area contributed by atoms with E-state index in [9.17, 15) is 28.8 Å². The van der Waals surface area contributed by atoms with Crippen molar-refractivity contribution in [2.75, 3.05) is 75.4 Å². The molecule has 0 aliphatic carbocycles. The number of morpholine rings is 1. The van der Waals surface area contributed by atoms with Crippen molar-refractivity contribution in [1.29, 1.82) is 0 Å². The second kappa shape index (κ2) is 40.7. The topological polar surface area (TPSA) is 285 Å². The Morgan fingerprint density at radius 2 is 0.584 bits per heavy atom. The number of anilines is 2. The first kappa shape index (κ1) is 85.2. The van der Waals surface area contributed by atoms with Crippen LogP contribution in [-0.4, -0.2) is 159 Å². The zero-order valence-electron chi connectivity index (χ0n) is 70.6. The van der Waals surface area contributed by atoms with Crippen molar-refractivity contribution < 1.29 is 33.5 Å². The van der Waals surface area contributed by atoms with E-state index in [0.29, 0.717) is 34.0 Å².